The minimum atomic E-state index is -2.43. The van der Waals surface area contributed by atoms with Crippen LogP contribution in [0.4, 0.5) is 4.39 Å². The van der Waals surface area contributed by atoms with Crippen LogP contribution in [0.3, 0.4) is 0 Å². The fraction of sp³-hybridized carbons (Fsp3) is 0.529. The van der Waals surface area contributed by atoms with E-state index >= 15 is 0 Å². The molecule has 0 aliphatic heterocycles. The lowest BCUT2D eigenvalue weighted by atomic mass is 9.87. The van der Waals surface area contributed by atoms with Gasteiger partial charge in [-0.2, -0.15) is 0 Å². The average Bonchev–Trinajstić information content (AvgIpc) is 2.63. The van der Waals surface area contributed by atoms with E-state index < -0.39 is 40.7 Å². The monoisotopic (exact) mass is 430 g/mol. The first-order chi connectivity index (χ1) is 13.4. The molecule has 0 fully saturated rings. The number of carbonyl (C=O) groups is 4. The molecule has 0 aliphatic rings. The minimum absolute atomic E-state index is 0.00884. The van der Waals surface area contributed by atoms with E-state index in [9.17, 15) is 23.6 Å². The summed E-state index contributed by atoms with van der Waals surface area (Å²) in [7, 11) is 0. The summed E-state index contributed by atoms with van der Waals surface area (Å²) in [5.41, 5.74) is 4.39. The van der Waals surface area contributed by atoms with Crippen LogP contribution in [-0.2, 0) is 14.4 Å². The van der Waals surface area contributed by atoms with Crippen LogP contribution in [0, 0.1) is 5.41 Å². The van der Waals surface area contributed by atoms with E-state index in [2.05, 4.69) is 20.7 Å². The number of nitrogens with two attached hydrogens (primary N) is 1. The summed E-state index contributed by atoms with van der Waals surface area (Å²) < 4.78 is 13.2. The van der Waals surface area contributed by atoms with Crippen molar-refractivity contribution in [2.24, 2.45) is 11.1 Å². The topological polar surface area (TPSA) is 147 Å². The highest BCUT2D eigenvalue weighted by Gasteiger charge is 2.31. The lowest BCUT2D eigenvalue weighted by molar-refractivity contribution is -0.144. The van der Waals surface area contributed by atoms with Gasteiger partial charge in [0, 0.05) is 18.8 Å². The number of amides is 4. The Morgan fingerprint density at radius 2 is 1.93 bits per heavy atom. The number of carbonyl (C=O) groups excluding carboxylic acids is 4. The first kappa shape index (κ1) is 24.2. The standard InChI is InChI=1S/C17H24ClFN6O4/c1-17(2,3)8-10(23-14(27)11-9-21-5-6-22-11)15(28)24-25(7-4-12(20)26)16(29)13(18)19/h5-6,9-10,13H,4,7-8H2,1-3H3,(H2,20,26)(H,23,27)(H,24,28)/t10-,13?/m0/s1. The number of rotatable bonds is 8. The van der Waals surface area contributed by atoms with Gasteiger partial charge in [0.05, 0.1) is 12.7 Å². The zero-order chi connectivity index (χ0) is 22.2. The highest BCUT2D eigenvalue weighted by Crippen LogP contribution is 2.21. The second-order valence-corrected chi connectivity index (χ2v) is 7.75. The maximum atomic E-state index is 13.2. The van der Waals surface area contributed by atoms with Crippen molar-refractivity contribution in [3.05, 3.63) is 24.3 Å². The van der Waals surface area contributed by atoms with Gasteiger partial charge in [-0.25, -0.2) is 14.4 Å². The van der Waals surface area contributed by atoms with Crippen molar-refractivity contribution in [2.75, 3.05) is 6.54 Å². The van der Waals surface area contributed by atoms with Gasteiger partial charge in [0.15, 0.2) is 0 Å². The number of hydrogen-bond acceptors (Lipinski definition) is 6. The molecule has 160 valence electrons. The maximum Gasteiger partial charge on any atom is 0.291 e. The van der Waals surface area contributed by atoms with Gasteiger partial charge in [-0.05, 0) is 11.8 Å². The van der Waals surface area contributed by atoms with Crippen LogP contribution in [0.1, 0.15) is 44.1 Å². The van der Waals surface area contributed by atoms with Crippen molar-refractivity contribution in [2.45, 2.75) is 45.3 Å². The summed E-state index contributed by atoms with van der Waals surface area (Å²) in [6.07, 6.45) is 3.79. The van der Waals surface area contributed by atoms with E-state index in [4.69, 9.17) is 17.3 Å². The van der Waals surface area contributed by atoms with Crippen molar-refractivity contribution in [3.8, 4) is 0 Å². The molecule has 0 aromatic carbocycles. The molecule has 1 aromatic rings. The summed E-state index contributed by atoms with van der Waals surface area (Å²) in [4.78, 5) is 55.6. The summed E-state index contributed by atoms with van der Waals surface area (Å²) in [6.45, 7) is 5.14. The summed E-state index contributed by atoms with van der Waals surface area (Å²) in [5, 5.41) is 3.08. The molecule has 0 saturated heterocycles. The second-order valence-electron chi connectivity index (χ2n) is 7.36. The quantitative estimate of drug-likeness (QED) is 0.398. The Morgan fingerprint density at radius 3 is 2.41 bits per heavy atom. The molecule has 0 bridgehead atoms. The Kier molecular flexibility index (Phi) is 8.89. The molecule has 0 radical (unpaired) electrons. The average molecular weight is 431 g/mol. The number of primary amides is 1. The second kappa shape index (κ2) is 10.6. The minimum Gasteiger partial charge on any atom is -0.370 e. The molecular weight excluding hydrogens is 407 g/mol. The molecule has 1 heterocycles. The van der Waals surface area contributed by atoms with Crippen molar-refractivity contribution >= 4 is 35.2 Å². The van der Waals surface area contributed by atoms with Gasteiger partial charge < -0.3 is 11.1 Å². The molecule has 0 saturated carbocycles. The van der Waals surface area contributed by atoms with Crippen molar-refractivity contribution in [1.29, 1.82) is 0 Å². The van der Waals surface area contributed by atoms with Crippen LogP contribution >= 0.6 is 11.6 Å². The van der Waals surface area contributed by atoms with Crippen LogP contribution in [-0.4, -0.2) is 56.8 Å². The molecular formula is C17H24ClFN6O4. The first-order valence-electron chi connectivity index (χ1n) is 8.66. The molecule has 0 aliphatic carbocycles. The number of hydrazine groups is 1. The van der Waals surface area contributed by atoms with Crippen LogP contribution in [0.25, 0.3) is 0 Å². The molecule has 1 unspecified atom stereocenters. The maximum absolute atomic E-state index is 13.2. The zero-order valence-corrected chi connectivity index (χ0v) is 17.1. The third kappa shape index (κ3) is 8.81. The summed E-state index contributed by atoms with van der Waals surface area (Å²) in [5.74, 6) is -3.48. The molecule has 29 heavy (non-hydrogen) atoms. The van der Waals surface area contributed by atoms with Gasteiger partial charge >= 0.3 is 0 Å². The summed E-state index contributed by atoms with van der Waals surface area (Å²) >= 11 is 5.16. The predicted octanol–water partition coefficient (Wildman–Crippen LogP) is 0.281. The van der Waals surface area contributed by atoms with Crippen LogP contribution < -0.4 is 16.5 Å². The van der Waals surface area contributed by atoms with E-state index in [1.54, 1.807) is 0 Å². The van der Waals surface area contributed by atoms with Gasteiger partial charge in [0.1, 0.15) is 11.7 Å². The zero-order valence-electron chi connectivity index (χ0n) is 16.3. The molecule has 2 atom stereocenters. The molecule has 1 rings (SSSR count). The molecule has 12 heteroatoms. The van der Waals surface area contributed by atoms with E-state index in [-0.39, 0.29) is 25.1 Å². The number of alkyl halides is 2. The number of nitrogens with one attached hydrogen (secondary N) is 2. The van der Waals surface area contributed by atoms with Crippen LogP contribution in [0.5, 0.6) is 0 Å². The Hall–Kier alpha value is -2.82. The number of aromatic nitrogens is 2. The fourth-order valence-electron chi connectivity index (χ4n) is 2.24. The third-order valence-electron chi connectivity index (χ3n) is 3.51. The van der Waals surface area contributed by atoms with Gasteiger partial charge in [0.25, 0.3) is 23.4 Å². The molecule has 10 nitrogen and oxygen atoms in total. The lowest BCUT2D eigenvalue weighted by Crippen LogP contribution is -2.56. The number of halogens is 2. The SMILES string of the molecule is CC(C)(C)C[C@H](NC(=O)c1cnccn1)C(=O)NN(CCC(N)=O)C(=O)C(F)Cl. The molecule has 1 aromatic heterocycles. The Balaban J connectivity index is 2.99. The van der Waals surface area contributed by atoms with Gasteiger partial charge in [-0.1, -0.05) is 32.4 Å². The van der Waals surface area contributed by atoms with Crippen molar-refractivity contribution in [3.63, 3.8) is 0 Å². The highest BCUT2D eigenvalue weighted by molar-refractivity contribution is 6.29. The number of nitrogens with zero attached hydrogens (tertiary/aromatic N) is 3. The molecule has 4 amide bonds. The Labute approximate surface area is 172 Å². The Morgan fingerprint density at radius 1 is 1.28 bits per heavy atom. The predicted molar refractivity (Wildman–Crippen MR) is 102 cm³/mol. The largest absolute Gasteiger partial charge is 0.370 e. The third-order valence-corrected chi connectivity index (χ3v) is 3.70. The first-order valence-corrected chi connectivity index (χ1v) is 9.09. The van der Waals surface area contributed by atoms with E-state index in [0.717, 1.165) is 0 Å². The molecule has 0 spiro atoms. The normalized spacial score (nSPS) is 13.1. The Bertz CT molecular complexity index is 741. The lowest BCUT2D eigenvalue weighted by Gasteiger charge is -2.29. The van der Waals surface area contributed by atoms with E-state index in [0.29, 0.717) is 5.01 Å². The van der Waals surface area contributed by atoms with Crippen LogP contribution in [0.2, 0.25) is 0 Å². The van der Waals surface area contributed by atoms with Gasteiger partial charge in [0.2, 0.25) is 5.91 Å². The van der Waals surface area contributed by atoms with E-state index in [1.807, 2.05) is 20.8 Å². The van der Waals surface area contributed by atoms with E-state index in [1.165, 1.54) is 18.6 Å². The summed E-state index contributed by atoms with van der Waals surface area (Å²) in [6, 6.07) is -1.10. The van der Waals surface area contributed by atoms with Crippen molar-refractivity contribution in [1.82, 2.24) is 25.7 Å². The van der Waals surface area contributed by atoms with Gasteiger partial charge in [-0.3, -0.25) is 29.6 Å². The highest BCUT2D eigenvalue weighted by atomic mass is 35.5. The fourth-order valence-corrected chi connectivity index (χ4v) is 2.36. The van der Waals surface area contributed by atoms with Crippen LogP contribution in [0.15, 0.2) is 18.6 Å². The number of hydrogen-bond donors (Lipinski definition) is 3. The molecule has 4 N–H and O–H groups in total. The van der Waals surface area contributed by atoms with Gasteiger partial charge in [-0.15, -0.1) is 0 Å². The smallest absolute Gasteiger partial charge is 0.291 e. The van der Waals surface area contributed by atoms with Crippen molar-refractivity contribution < 1.29 is 23.6 Å².